The largest absolute Gasteiger partial charge is 0.396 e. The van der Waals surface area contributed by atoms with Crippen LogP contribution in [0.2, 0.25) is 0 Å². The van der Waals surface area contributed by atoms with Gasteiger partial charge in [-0.2, -0.15) is 0 Å². The van der Waals surface area contributed by atoms with Crippen molar-refractivity contribution in [1.82, 2.24) is 4.90 Å². The van der Waals surface area contributed by atoms with Crippen molar-refractivity contribution >= 4 is 0 Å². The van der Waals surface area contributed by atoms with E-state index in [0.717, 1.165) is 19.5 Å². The van der Waals surface area contributed by atoms with Crippen molar-refractivity contribution in [3.8, 4) is 0 Å². The fraction of sp³-hybridized carbons (Fsp3) is 0.625. The van der Waals surface area contributed by atoms with E-state index in [2.05, 4.69) is 49.9 Å². The quantitative estimate of drug-likeness (QED) is 0.887. The van der Waals surface area contributed by atoms with E-state index in [9.17, 15) is 5.11 Å². The molecular weight excluding hydrogens is 222 g/mol. The Hall–Kier alpha value is -0.860. The van der Waals surface area contributed by atoms with Gasteiger partial charge in [-0.25, -0.2) is 0 Å². The summed E-state index contributed by atoms with van der Waals surface area (Å²) < 4.78 is 0. The predicted molar refractivity (Wildman–Crippen MR) is 75.5 cm³/mol. The lowest BCUT2D eigenvalue weighted by molar-refractivity contribution is 0.0197. The van der Waals surface area contributed by atoms with Crippen LogP contribution in [0.5, 0.6) is 0 Å². The van der Waals surface area contributed by atoms with Crippen molar-refractivity contribution in [3.05, 3.63) is 35.4 Å². The number of hydrogen-bond donors (Lipinski definition) is 1. The first-order chi connectivity index (χ1) is 8.51. The van der Waals surface area contributed by atoms with Crippen molar-refractivity contribution in [1.29, 1.82) is 0 Å². The summed E-state index contributed by atoms with van der Waals surface area (Å²) in [5.41, 5.74) is 2.92. The van der Waals surface area contributed by atoms with Crippen molar-refractivity contribution in [2.45, 2.75) is 45.7 Å². The van der Waals surface area contributed by atoms with Gasteiger partial charge in [-0.15, -0.1) is 0 Å². The van der Waals surface area contributed by atoms with Gasteiger partial charge in [0, 0.05) is 25.2 Å². The zero-order valence-corrected chi connectivity index (χ0v) is 11.8. The van der Waals surface area contributed by atoms with E-state index in [1.807, 2.05) is 0 Å². The molecule has 2 rings (SSSR count). The summed E-state index contributed by atoms with van der Waals surface area (Å²) in [6.45, 7) is 9.07. The van der Waals surface area contributed by atoms with Crippen molar-refractivity contribution in [3.63, 3.8) is 0 Å². The third-order valence-corrected chi connectivity index (χ3v) is 4.25. The Morgan fingerprint density at radius 2 is 1.94 bits per heavy atom. The van der Waals surface area contributed by atoms with E-state index in [1.165, 1.54) is 17.5 Å². The molecule has 0 amide bonds. The smallest absolute Gasteiger partial charge is 0.0471 e. The molecule has 1 heterocycles. The SMILES string of the molecule is Cc1ccc(CN2CC(CO)CCC2(C)C)cc1. The summed E-state index contributed by atoms with van der Waals surface area (Å²) in [7, 11) is 0. The van der Waals surface area contributed by atoms with E-state index in [4.69, 9.17) is 0 Å². The first-order valence-corrected chi connectivity index (χ1v) is 6.93. The van der Waals surface area contributed by atoms with Gasteiger partial charge in [-0.3, -0.25) is 4.90 Å². The number of rotatable bonds is 3. The van der Waals surface area contributed by atoms with Crippen LogP contribution in [-0.4, -0.2) is 28.7 Å². The highest BCUT2D eigenvalue weighted by Crippen LogP contribution is 2.31. The van der Waals surface area contributed by atoms with Crippen LogP contribution in [-0.2, 0) is 6.54 Å². The molecule has 1 aromatic rings. The Kier molecular flexibility index (Phi) is 4.08. The Morgan fingerprint density at radius 1 is 1.28 bits per heavy atom. The standard InChI is InChI=1S/C16H25NO/c1-13-4-6-14(7-5-13)10-17-11-15(12-18)8-9-16(17,2)3/h4-7,15,18H,8-12H2,1-3H3. The van der Waals surface area contributed by atoms with Gasteiger partial charge in [0.15, 0.2) is 0 Å². The molecule has 0 aliphatic carbocycles. The number of aryl methyl sites for hydroxylation is 1. The van der Waals surface area contributed by atoms with Crippen LogP contribution < -0.4 is 0 Å². The average Bonchev–Trinajstić information content (AvgIpc) is 2.34. The third-order valence-electron chi connectivity index (χ3n) is 4.25. The fourth-order valence-electron chi connectivity index (χ4n) is 2.71. The van der Waals surface area contributed by atoms with Crippen LogP contribution in [0, 0.1) is 12.8 Å². The Bertz CT molecular complexity index is 383. The zero-order valence-electron chi connectivity index (χ0n) is 11.8. The van der Waals surface area contributed by atoms with E-state index in [0.29, 0.717) is 12.5 Å². The van der Waals surface area contributed by atoms with Gasteiger partial charge in [0.25, 0.3) is 0 Å². The normalized spacial score (nSPS) is 24.1. The number of hydrogen-bond acceptors (Lipinski definition) is 2. The van der Waals surface area contributed by atoms with Crippen LogP contribution in [0.25, 0.3) is 0 Å². The molecule has 1 atom stereocenters. The molecule has 18 heavy (non-hydrogen) atoms. The third kappa shape index (κ3) is 3.12. The summed E-state index contributed by atoms with van der Waals surface area (Å²) in [5.74, 6) is 0.448. The van der Waals surface area contributed by atoms with Crippen LogP contribution in [0.1, 0.15) is 37.8 Å². The molecule has 2 nitrogen and oxygen atoms in total. The van der Waals surface area contributed by atoms with Gasteiger partial charge in [0.2, 0.25) is 0 Å². The minimum absolute atomic E-state index is 0.247. The lowest BCUT2D eigenvalue weighted by Gasteiger charge is -2.45. The molecule has 2 heteroatoms. The lowest BCUT2D eigenvalue weighted by atomic mass is 9.84. The monoisotopic (exact) mass is 247 g/mol. The molecule has 1 N–H and O–H groups in total. The summed E-state index contributed by atoms with van der Waals surface area (Å²) >= 11 is 0. The number of piperidine rings is 1. The Balaban J connectivity index is 2.07. The molecule has 0 radical (unpaired) electrons. The number of benzene rings is 1. The highest BCUT2D eigenvalue weighted by Gasteiger charge is 2.33. The molecule has 1 aliphatic heterocycles. The molecule has 1 fully saturated rings. The van der Waals surface area contributed by atoms with Gasteiger partial charge in [-0.1, -0.05) is 29.8 Å². The van der Waals surface area contributed by atoms with Gasteiger partial charge in [-0.05, 0) is 45.1 Å². The van der Waals surface area contributed by atoms with Crippen LogP contribution in [0.3, 0.4) is 0 Å². The van der Waals surface area contributed by atoms with Crippen LogP contribution in [0.15, 0.2) is 24.3 Å². The topological polar surface area (TPSA) is 23.5 Å². The Labute approximate surface area is 111 Å². The lowest BCUT2D eigenvalue weighted by Crippen LogP contribution is -2.50. The number of aliphatic hydroxyl groups is 1. The predicted octanol–water partition coefficient (Wildman–Crippen LogP) is 2.98. The minimum Gasteiger partial charge on any atom is -0.396 e. The first-order valence-electron chi connectivity index (χ1n) is 6.93. The number of likely N-dealkylation sites (tertiary alicyclic amines) is 1. The van der Waals surface area contributed by atoms with Crippen LogP contribution in [0.4, 0.5) is 0 Å². The molecule has 0 aromatic heterocycles. The highest BCUT2D eigenvalue weighted by molar-refractivity contribution is 5.21. The second-order valence-electron chi connectivity index (χ2n) is 6.27. The molecule has 0 saturated carbocycles. The number of aliphatic hydroxyl groups excluding tert-OH is 1. The summed E-state index contributed by atoms with van der Waals surface area (Å²) in [5, 5.41) is 9.35. The molecule has 0 bridgehead atoms. The summed E-state index contributed by atoms with van der Waals surface area (Å²) in [6.07, 6.45) is 2.32. The molecular formula is C16H25NO. The second-order valence-corrected chi connectivity index (χ2v) is 6.27. The summed E-state index contributed by atoms with van der Waals surface area (Å²) in [6, 6.07) is 8.79. The van der Waals surface area contributed by atoms with Gasteiger partial charge in [0.1, 0.15) is 0 Å². The minimum atomic E-state index is 0.247. The van der Waals surface area contributed by atoms with E-state index in [1.54, 1.807) is 0 Å². The maximum Gasteiger partial charge on any atom is 0.0471 e. The highest BCUT2D eigenvalue weighted by atomic mass is 16.3. The molecule has 1 aromatic carbocycles. The maximum absolute atomic E-state index is 9.35. The molecule has 0 spiro atoms. The Morgan fingerprint density at radius 3 is 2.56 bits per heavy atom. The number of nitrogens with zero attached hydrogens (tertiary/aromatic N) is 1. The van der Waals surface area contributed by atoms with Crippen molar-refractivity contribution in [2.75, 3.05) is 13.2 Å². The van der Waals surface area contributed by atoms with Gasteiger partial charge < -0.3 is 5.11 Å². The van der Waals surface area contributed by atoms with E-state index < -0.39 is 0 Å². The van der Waals surface area contributed by atoms with Crippen LogP contribution >= 0.6 is 0 Å². The van der Waals surface area contributed by atoms with Gasteiger partial charge >= 0.3 is 0 Å². The molecule has 100 valence electrons. The van der Waals surface area contributed by atoms with Crippen molar-refractivity contribution in [2.24, 2.45) is 5.92 Å². The van der Waals surface area contributed by atoms with E-state index >= 15 is 0 Å². The zero-order chi connectivity index (χ0) is 13.2. The fourth-order valence-corrected chi connectivity index (χ4v) is 2.71. The molecule has 1 saturated heterocycles. The van der Waals surface area contributed by atoms with E-state index in [-0.39, 0.29) is 5.54 Å². The van der Waals surface area contributed by atoms with Crippen molar-refractivity contribution < 1.29 is 5.11 Å². The maximum atomic E-state index is 9.35. The summed E-state index contributed by atoms with van der Waals surface area (Å²) in [4.78, 5) is 2.52. The molecule has 1 aliphatic rings. The second kappa shape index (κ2) is 5.41. The van der Waals surface area contributed by atoms with Gasteiger partial charge in [0.05, 0.1) is 0 Å². The molecule has 1 unspecified atom stereocenters. The first kappa shape index (κ1) is 13.6. The average molecular weight is 247 g/mol.